The zero-order valence-corrected chi connectivity index (χ0v) is 9.68. The van der Waals surface area contributed by atoms with Gasteiger partial charge in [0, 0.05) is 0 Å². The third kappa shape index (κ3) is 3.56. The summed E-state index contributed by atoms with van der Waals surface area (Å²) in [5.74, 6) is -6.55. The lowest BCUT2D eigenvalue weighted by molar-refractivity contribution is -0.369. The van der Waals surface area contributed by atoms with Crippen LogP contribution < -0.4 is 0 Å². The van der Waals surface area contributed by atoms with Crippen LogP contribution in [-0.2, 0) is 0 Å². The van der Waals surface area contributed by atoms with Gasteiger partial charge in [0.2, 0.25) is 0 Å². The molecule has 9 heteroatoms. The molecule has 19 heavy (non-hydrogen) atoms. The maximum atomic E-state index is 13.3. The van der Waals surface area contributed by atoms with Crippen LogP contribution in [0.2, 0.25) is 0 Å². The molecule has 0 nitrogen and oxygen atoms in total. The standard InChI is InChI=1S/C10H11F9/c1-2-3-4-5-6-7(11,9(14,15)16)8(12,13)10(17,18)19/h5-6H,2-4H2,1H3/b6-5-. The van der Waals surface area contributed by atoms with Crippen LogP contribution in [0.5, 0.6) is 0 Å². The van der Waals surface area contributed by atoms with E-state index >= 15 is 0 Å². The molecule has 0 rings (SSSR count). The molecule has 0 N–H and O–H groups in total. The fourth-order valence-electron chi connectivity index (χ4n) is 1.15. The number of alkyl halides is 9. The Kier molecular flexibility index (Phi) is 5.36. The van der Waals surface area contributed by atoms with Crippen LogP contribution >= 0.6 is 0 Å². The van der Waals surface area contributed by atoms with Gasteiger partial charge in [0.1, 0.15) is 0 Å². The molecule has 0 aliphatic rings. The van der Waals surface area contributed by atoms with Crippen molar-refractivity contribution in [3.63, 3.8) is 0 Å². The first-order valence-electron chi connectivity index (χ1n) is 5.19. The topological polar surface area (TPSA) is 0 Å². The molecule has 0 amide bonds. The lowest BCUT2D eigenvalue weighted by atomic mass is 9.95. The number of allylic oxidation sites excluding steroid dienone is 2. The van der Waals surface area contributed by atoms with E-state index in [1.54, 1.807) is 6.92 Å². The zero-order valence-electron chi connectivity index (χ0n) is 9.68. The quantitative estimate of drug-likeness (QED) is 0.372. The normalized spacial score (nSPS) is 17.8. The minimum atomic E-state index is -6.65. The van der Waals surface area contributed by atoms with E-state index in [9.17, 15) is 39.5 Å². The van der Waals surface area contributed by atoms with Crippen LogP contribution in [0.3, 0.4) is 0 Å². The highest BCUT2D eigenvalue weighted by molar-refractivity contribution is 5.16. The first-order chi connectivity index (χ1) is 8.31. The molecule has 114 valence electrons. The molecule has 1 atom stereocenters. The van der Waals surface area contributed by atoms with Crippen molar-refractivity contribution in [2.45, 2.75) is 50.1 Å². The fourth-order valence-corrected chi connectivity index (χ4v) is 1.15. The maximum Gasteiger partial charge on any atom is 0.457 e. The van der Waals surface area contributed by atoms with Gasteiger partial charge < -0.3 is 0 Å². The van der Waals surface area contributed by atoms with Gasteiger partial charge in [0.05, 0.1) is 0 Å². The number of hydrogen-bond donors (Lipinski definition) is 0. The molecule has 0 saturated heterocycles. The highest BCUT2D eigenvalue weighted by Gasteiger charge is 2.79. The molecule has 0 saturated carbocycles. The Morgan fingerprint density at radius 2 is 1.26 bits per heavy atom. The molecular weight excluding hydrogens is 291 g/mol. The van der Waals surface area contributed by atoms with Crippen molar-refractivity contribution >= 4 is 0 Å². The smallest absolute Gasteiger partial charge is 0.222 e. The Morgan fingerprint density at radius 1 is 0.789 bits per heavy atom. The lowest BCUT2D eigenvalue weighted by Gasteiger charge is -2.33. The van der Waals surface area contributed by atoms with E-state index in [-0.39, 0.29) is 12.8 Å². The second kappa shape index (κ2) is 5.62. The zero-order chi connectivity index (χ0) is 15.5. The molecule has 0 aromatic heterocycles. The second-order valence-electron chi connectivity index (χ2n) is 3.83. The molecule has 0 aliphatic carbocycles. The summed E-state index contributed by atoms with van der Waals surface area (Å²) in [6.07, 6.45) is -13.0. The van der Waals surface area contributed by atoms with E-state index in [2.05, 4.69) is 0 Å². The second-order valence-corrected chi connectivity index (χ2v) is 3.83. The number of halogens is 9. The van der Waals surface area contributed by atoms with Gasteiger partial charge in [-0.15, -0.1) is 0 Å². The number of unbranched alkanes of at least 4 members (excludes halogenated alkanes) is 2. The molecule has 0 heterocycles. The van der Waals surface area contributed by atoms with Crippen molar-refractivity contribution < 1.29 is 39.5 Å². The van der Waals surface area contributed by atoms with E-state index in [1.807, 2.05) is 0 Å². The summed E-state index contributed by atoms with van der Waals surface area (Å²) in [5.41, 5.74) is -5.77. The summed E-state index contributed by atoms with van der Waals surface area (Å²) >= 11 is 0. The van der Waals surface area contributed by atoms with E-state index < -0.39 is 30.0 Å². The average Bonchev–Trinajstić information content (AvgIpc) is 2.20. The van der Waals surface area contributed by atoms with Crippen LogP contribution in [0.25, 0.3) is 0 Å². The van der Waals surface area contributed by atoms with Gasteiger partial charge in [-0.1, -0.05) is 25.8 Å². The highest BCUT2D eigenvalue weighted by Crippen LogP contribution is 2.53. The van der Waals surface area contributed by atoms with E-state index in [0.717, 1.165) is 0 Å². The monoisotopic (exact) mass is 302 g/mol. The van der Waals surface area contributed by atoms with Crippen LogP contribution in [0.1, 0.15) is 26.2 Å². The van der Waals surface area contributed by atoms with Gasteiger partial charge in [0.25, 0.3) is 5.67 Å². The predicted molar refractivity (Wildman–Crippen MR) is 49.6 cm³/mol. The molecule has 0 radical (unpaired) electrons. The summed E-state index contributed by atoms with van der Waals surface area (Å²) in [6, 6.07) is 0. The van der Waals surface area contributed by atoms with Gasteiger partial charge in [-0.3, -0.25) is 0 Å². The minimum Gasteiger partial charge on any atom is -0.222 e. The van der Waals surface area contributed by atoms with Gasteiger partial charge in [0.15, 0.2) is 0 Å². The average molecular weight is 302 g/mol. The van der Waals surface area contributed by atoms with Crippen molar-refractivity contribution in [2.75, 3.05) is 0 Å². The SMILES string of the molecule is CCCC/C=C\C(F)(C(F)(F)F)C(F)(F)C(F)(F)F. The molecular formula is C10H11F9. The third-order valence-electron chi connectivity index (χ3n) is 2.30. The number of rotatable bonds is 5. The van der Waals surface area contributed by atoms with E-state index in [1.165, 1.54) is 0 Å². The Bertz CT molecular complexity index is 312. The Labute approximate surface area is 103 Å². The lowest BCUT2D eigenvalue weighted by Crippen LogP contribution is -2.61. The number of hydrogen-bond acceptors (Lipinski definition) is 0. The van der Waals surface area contributed by atoms with Gasteiger partial charge in [-0.05, 0) is 12.5 Å². The summed E-state index contributed by atoms with van der Waals surface area (Å²) in [7, 11) is 0. The van der Waals surface area contributed by atoms with Crippen molar-refractivity contribution in [3.05, 3.63) is 12.2 Å². The van der Waals surface area contributed by atoms with Crippen LogP contribution in [0.4, 0.5) is 39.5 Å². The van der Waals surface area contributed by atoms with E-state index in [0.29, 0.717) is 12.5 Å². The van der Waals surface area contributed by atoms with Gasteiger partial charge in [-0.25, -0.2) is 4.39 Å². The molecule has 0 fully saturated rings. The summed E-state index contributed by atoms with van der Waals surface area (Å²) < 4.78 is 111. The van der Waals surface area contributed by atoms with Crippen molar-refractivity contribution in [1.82, 2.24) is 0 Å². The summed E-state index contributed by atoms with van der Waals surface area (Å²) in [6.45, 7) is 1.62. The summed E-state index contributed by atoms with van der Waals surface area (Å²) in [5, 5.41) is 0. The third-order valence-corrected chi connectivity index (χ3v) is 2.30. The Balaban J connectivity index is 5.51. The van der Waals surface area contributed by atoms with Crippen molar-refractivity contribution in [2.24, 2.45) is 0 Å². The minimum absolute atomic E-state index is 0.230. The molecule has 1 unspecified atom stereocenters. The molecule has 0 aromatic carbocycles. The van der Waals surface area contributed by atoms with Crippen LogP contribution in [-0.4, -0.2) is 23.9 Å². The fraction of sp³-hybridized carbons (Fsp3) is 0.800. The highest BCUT2D eigenvalue weighted by atomic mass is 19.4. The van der Waals surface area contributed by atoms with Crippen molar-refractivity contribution in [1.29, 1.82) is 0 Å². The molecule has 0 aliphatic heterocycles. The molecule has 0 spiro atoms. The van der Waals surface area contributed by atoms with Crippen molar-refractivity contribution in [3.8, 4) is 0 Å². The maximum absolute atomic E-state index is 13.3. The van der Waals surface area contributed by atoms with Gasteiger partial charge >= 0.3 is 18.3 Å². The largest absolute Gasteiger partial charge is 0.457 e. The Morgan fingerprint density at radius 3 is 1.58 bits per heavy atom. The molecule has 0 aromatic rings. The Hall–Kier alpha value is -0.890. The molecule has 0 bridgehead atoms. The first-order valence-corrected chi connectivity index (χ1v) is 5.19. The van der Waals surface area contributed by atoms with Crippen LogP contribution in [0, 0.1) is 0 Å². The van der Waals surface area contributed by atoms with Crippen LogP contribution in [0.15, 0.2) is 12.2 Å². The van der Waals surface area contributed by atoms with E-state index in [4.69, 9.17) is 0 Å². The van der Waals surface area contributed by atoms with Gasteiger partial charge in [-0.2, -0.15) is 35.1 Å². The summed E-state index contributed by atoms with van der Waals surface area (Å²) in [4.78, 5) is 0. The predicted octanol–water partition coefficient (Wildman–Crippen LogP) is 5.20. The first kappa shape index (κ1) is 18.1.